The van der Waals surface area contributed by atoms with Crippen LogP contribution in [0, 0.1) is 20.6 Å². The second-order valence-corrected chi connectivity index (χ2v) is 7.93. The van der Waals surface area contributed by atoms with Gasteiger partial charge in [0.15, 0.2) is 11.5 Å². The Bertz CT molecular complexity index is 1000. The molecule has 1 N–H and O–H groups in total. The molecular weight excluding hydrogens is 495 g/mol. The number of anilines is 1. The first kappa shape index (κ1) is 21.9. The van der Waals surface area contributed by atoms with Gasteiger partial charge in [-0.3, -0.25) is 10.1 Å². The van der Waals surface area contributed by atoms with E-state index in [-0.39, 0.29) is 5.69 Å². The van der Waals surface area contributed by atoms with Gasteiger partial charge in [0.2, 0.25) is 0 Å². The van der Waals surface area contributed by atoms with Crippen molar-refractivity contribution in [3.63, 3.8) is 0 Å². The summed E-state index contributed by atoms with van der Waals surface area (Å²) in [7, 11) is 0. The van der Waals surface area contributed by atoms with E-state index in [1.807, 2.05) is 19.1 Å². The second kappa shape index (κ2) is 10.3. The smallest absolute Gasteiger partial charge is 0.269 e. The first-order valence-electron chi connectivity index (χ1n) is 9.58. The van der Waals surface area contributed by atoms with Crippen LogP contribution in [-0.2, 0) is 13.2 Å². The van der Waals surface area contributed by atoms with Crippen LogP contribution in [0.4, 0.5) is 11.4 Å². The lowest BCUT2D eigenvalue weighted by Gasteiger charge is -2.16. The van der Waals surface area contributed by atoms with Crippen molar-refractivity contribution in [1.29, 1.82) is 0 Å². The number of nitro groups is 1. The lowest BCUT2D eigenvalue weighted by atomic mass is 10.1. The molecule has 0 aliphatic carbocycles. The fourth-order valence-corrected chi connectivity index (χ4v) is 3.69. The Morgan fingerprint density at radius 3 is 2.33 bits per heavy atom. The first-order valence-corrected chi connectivity index (χ1v) is 10.7. The minimum absolute atomic E-state index is 0.0730. The van der Waals surface area contributed by atoms with Gasteiger partial charge in [0.1, 0.15) is 6.61 Å². The van der Waals surface area contributed by atoms with E-state index < -0.39 is 4.92 Å². The summed E-state index contributed by atoms with van der Waals surface area (Å²) in [4.78, 5) is 10.4. The van der Waals surface area contributed by atoms with Crippen LogP contribution in [0.3, 0.4) is 0 Å². The van der Waals surface area contributed by atoms with Crippen molar-refractivity contribution in [1.82, 2.24) is 0 Å². The van der Waals surface area contributed by atoms with Crippen molar-refractivity contribution < 1.29 is 14.4 Å². The molecule has 30 heavy (non-hydrogen) atoms. The van der Waals surface area contributed by atoms with Crippen molar-refractivity contribution in [2.75, 3.05) is 11.9 Å². The van der Waals surface area contributed by atoms with Gasteiger partial charge in [-0.2, -0.15) is 0 Å². The molecule has 0 radical (unpaired) electrons. The number of hydrogen-bond donors (Lipinski definition) is 1. The molecule has 0 bridgehead atoms. The maximum atomic E-state index is 10.8. The van der Waals surface area contributed by atoms with E-state index in [4.69, 9.17) is 9.47 Å². The van der Waals surface area contributed by atoms with Crippen LogP contribution in [0.5, 0.6) is 11.5 Å². The van der Waals surface area contributed by atoms with Gasteiger partial charge in [-0.05, 0) is 71.8 Å². The second-order valence-electron chi connectivity index (χ2n) is 6.77. The Hall–Kier alpha value is -2.81. The summed E-state index contributed by atoms with van der Waals surface area (Å²) in [6, 6.07) is 18.6. The van der Waals surface area contributed by atoms with Crippen LogP contribution in [-0.4, -0.2) is 11.5 Å². The molecule has 0 aromatic heterocycles. The van der Waals surface area contributed by atoms with E-state index >= 15 is 0 Å². The third-order valence-electron chi connectivity index (χ3n) is 4.45. The van der Waals surface area contributed by atoms with Crippen molar-refractivity contribution >= 4 is 34.0 Å². The first-order chi connectivity index (χ1) is 14.5. The monoisotopic (exact) mass is 518 g/mol. The maximum absolute atomic E-state index is 10.8. The van der Waals surface area contributed by atoms with Crippen LogP contribution in [0.1, 0.15) is 23.6 Å². The average Bonchev–Trinajstić information content (AvgIpc) is 2.73. The Balaban J connectivity index is 1.71. The Morgan fingerprint density at radius 1 is 1.00 bits per heavy atom. The lowest BCUT2D eigenvalue weighted by molar-refractivity contribution is -0.384. The molecule has 0 saturated carbocycles. The summed E-state index contributed by atoms with van der Waals surface area (Å²) in [5, 5.41) is 14.1. The van der Waals surface area contributed by atoms with Gasteiger partial charge >= 0.3 is 0 Å². The lowest BCUT2D eigenvalue weighted by Crippen LogP contribution is -2.05. The molecule has 0 atom stereocenters. The van der Waals surface area contributed by atoms with Crippen LogP contribution >= 0.6 is 22.6 Å². The summed E-state index contributed by atoms with van der Waals surface area (Å²) >= 11 is 2.26. The third kappa shape index (κ3) is 5.85. The molecule has 0 aliphatic heterocycles. The molecule has 3 aromatic rings. The zero-order valence-corrected chi connectivity index (χ0v) is 19.0. The fraction of sp³-hybridized carbons (Fsp3) is 0.217. The summed E-state index contributed by atoms with van der Waals surface area (Å²) in [5.74, 6) is 1.44. The number of ether oxygens (including phenoxy) is 2. The molecule has 0 saturated heterocycles. The van der Waals surface area contributed by atoms with Crippen molar-refractivity contribution in [3.8, 4) is 11.5 Å². The normalized spacial score (nSPS) is 10.5. The van der Waals surface area contributed by atoms with E-state index in [2.05, 4.69) is 59.1 Å². The average molecular weight is 518 g/mol. The number of hydrogen-bond acceptors (Lipinski definition) is 5. The van der Waals surface area contributed by atoms with Crippen molar-refractivity contribution in [3.05, 3.63) is 91.0 Å². The molecule has 0 fully saturated rings. The van der Waals surface area contributed by atoms with Gasteiger partial charge in [0.05, 0.1) is 15.1 Å². The fourth-order valence-electron chi connectivity index (χ4n) is 2.87. The number of nitrogens with zero attached hydrogens (tertiary/aromatic N) is 1. The predicted octanol–water partition coefficient (Wildman–Crippen LogP) is 6.10. The molecule has 156 valence electrons. The molecular formula is C23H23IN2O4. The van der Waals surface area contributed by atoms with Gasteiger partial charge < -0.3 is 14.8 Å². The molecule has 0 spiro atoms. The topological polar surface area (TPSA) is 73.6 Å². The minimum Gasteiger partial charge on any atom is -0.490 e. The SMILES string of the molecule is CCOc1cc(CNc2ccc([N+](=O)[O-])cc2)cc(I)c1OCc1ccc(C)cc1. The molecule has 3 aromatic carbocycles. The molecule has 6 nitrogen and oxygen atoms in total. The highest BCUT2D eigenvalue weighted by Crippen LogP contribution is 2.35. The molecule has 0 unspecified atom stereocenters. The number of nitro benzene ring substituents is 1. The third-order valence-corrected chi connectivity index (χ3v) is 5.25. The highest BCUT2D eigenvalue weighted by atomic mass is 127. The minimum atomic E-state index is -0.407. The largest absolute Gasteiger partial charge is 0.490 e. The summed E-state index contributed by atoms with van der Waals surface area (Å²) in [5.41, 5.74) is 4.23. The number of rotatable bonds is 9. The molecule has 0 aliphatic rings. The molecule has 0 amide bonds. The van der Waals surface area contributed by atoms with E-state index in [0.717, 1.165) is 26.1 Å². The van der Waals surface area contributed by atoms with E-state index in [1.165, 1.54) is 17.7 Å². The number of non-ortho nitro benzene ring substituents is 1. The van der Waals surface area contributed by atoms with E-state index in [1.54, 1.807) is 12.1 Å². The zero-order valence-electron chi connectivity index (χ0n) is 16.9. The quantitative estimate of drug-likeness (QED) is 0.211. The standard InChI is InChI=1S/C23H23IN2O4/c1-3-29-22-13-18(14-25-19-8-10-20(11-9-19)26(27)28)12-21(24)23(22)30-15-17-6-4-16(2)5-7-17/h4-13,25H,3,14-15H2,1-2H3. The van der Waals surface area contributed by atoms with E-state index in [0.29, 0.717) is 25.5 Å². The van der Waals surface area contributed by atoms with Gasteiger partial charge in [0, 0.05) is 24.4 Å². The zero-order chi connectivity index (χ0) is 21.5. The van der Waals surface area contributed by atoms with Crippen LogP contribution in [0.2, 0.25) is 0 Å². The molecule has 0 heterocycles. The number of benzene rings is 3. The predicted molar refractivity (Wildman–Crippen MR) is 126 cm³/mol. The summed E-state index contributed by atoms with van der Waals surface area (Å²) < 4.78 is 12.9. The van der Waals surface area contributed by atoms with Crippen LogP contribution in [0.25, 0.3) is 0 Å². The Labute approximate surface area is 189 Å². The number of halogens is 1. The highest BCUT2D eigenvalue weighted by molar-refractivity contribution is 14.1. The van der Waals surface area contributed by atoms with Gasteiger partial charge in [-0.25, -0.2) is 0 Å². The van der Waals surface area contributed by atoms with Crippen molar-refractivity contribution in [2.45, 2.75) is 27.0 Å². The van der Waals surface area contributed by atoms with Gasteiger partial charge in [-0.15, -0.1) is 0 Å². The summed E-state index contributed by atoms with van der Waals surface area (Å²) in [6.45, 7) is 5.57. The highest BCUT2D eigenvalue weighted by Gasteiger charge is 2.13. The number of aryl methyl sites for hydroxylation is 1. The summed E-state index contributed by atoms with van der Waals surface area (Å²) in [6.07, 6.45) is 0. The van der Waals surface area contributed by atoms with Crippen LogP contribution < -0.4 is 14.8 Å². The Morgan fingerprint density at radius 2 is 1.70 bits per heavy atom. The number of nitrogens with one attached hydrogen (secondary N) is 1. The maximum Gasteiger partial charge on any atom is 0.269 e. The van der Waals surface area contributed by atoms with Gasteiger partial charge in [-0.1, -0.05) is 29.8 Å². The van der Waals surface area contributed by atoms with Gasteiger partial charge in [0.25, 0.3) is 5.69 Å². The van der Waals surface area contributed by atoms with E-state index in [9.17, 15) is 10.1 Å². The molecule has 3 rings (SSSR count). The Kier molecular flexibility index (Phi) is 7.51. The van der Waals surface area contributed by atoms with Crippen LogP contribution in [0.15, 0.2) is 60.7 Å². The molecule has 7 heteroatoms. The van der Waals surface area contributed by atoms with Crippen molar-refractivity contribution in [2.24, 2.45) is 0 Å².